The summed E-state index contributed by atoms with van der Waals surface area (Å²) in [7, 11) is 3.53. The van der Waals surface area contributed by atoms with Crippen LogP contribution < -0.4 is 0 Å². The molecular weight excluding hydrogens is 130 g/mol. The minimum atomic E-state index is -0.833. The van der Waals surface area contributed by atoms with Crippen molar-refractivity contribution < 1.29 is 9.90 Å². The predicted octanol–water partition coefficient (Wildman–Crippen LogP) is 0.793. The molecule has 0 fully saturated rings. The first-order chi connectivity index (χ1) is 3.46. The van der Waals surface area contributed by atoms with Crippen LogP contribution in [0.25, 0.3) is 0 Å². The topological polar surface area (TPSA) is 40.5 Å². The van der Waals surface area contributed by atoms with Gasteiger partial charge in [-0.3, -0.25) is 4.79 Å². The van der Waals surface area contributed by atoms with Crippen molar-refractivity contribution in [2.45, 2.75) is 6.92 Å². The minimum Gasteiger partial charge on any atom is -0.481 e. The third-order valence-electron chi connectivity index (χ3n) is 0. The molecule has 0 amide bonds. The van der Waals surface area contributed by atoms with Crippen LogP contribution in [0.5, 0.6) is 0 Å². The van der Waals surface area contributed by atoms with Crippen LogP contribution >= 0.6 is 11.8 Å². The summed E-state index contributed by atoms with van der Waals surface area (Å²) in [5.74, 6) is -0.833. The number of nitrogens with zero attached hydrogens (tertiary/aromatic N) is 1. The summed E-state index contributed by atoms with van der Waals surface area (Å²) in [4.78, 5) is 9.00. The van der Waals surface area contributed by atoms with Gasteiger partial charge in [0.25, 0.3) is 5.97 Å². The van der Waals surface area contributed by atoms with Crippen molar-refractivity contribution in [3.8, 4) is 0 Å². The summed E-state index contributed by atoms with van der Waals surface area (Å²) >= 11 is 5.11. The maximum atomic E-state index is 9.00. The number of carboxylic acids is 1. The lowest BCUT2D eigenvalue weighted by Crippen LogP contribution is -1.89. The Hall–Kier alpha value is -0.280. The van der Waals surface area contributed by atoms with Crippen molar-refractivity contribution in [2.24, 2.45) is 0 Å². The van der Waals surface area contributed by atoms with Crippen molar-refractivity contribution in [3.05, 3.63) is 0 Å². The van der Waals surface area contributed by atoms with Crippen LogP contribution in [0.15, 0.2) is 0 Å². The first-order valence-electron chi connectivity index (χ1n) is 1.99. The lowest BCUT2D eigenvalue weighted by Gasteiger charge is -1.85. The van der Waals surface area contributed by atoms with Gasteiger partial charge < -0.3 is 5.11 Å². The van der Waals surface area contributed by atoms with E-state index in [0.717, 1.165) is 6.92 Å². The number of halogens is 1. The highest BCUT2D eigenvalue weighted by Crippen LogP contribution is 1.71. The third-order valence-corrected chi connectivity index (χ3v) is 0. The van der Waals surface area contributed by atoms with E-state index in [4.69, 9.17) is 21.7 Å². The second-order valence-electron chi connectivity index (χ2n) is 1.30. The van der Waals surface area contributed by atoms with Gasteiger partial charge in [-0.05, 0) is 11.8 Å². The number of carboxylic acid groups (broad SMARTS) is 1. The Morgan fingerprint density at radius 3 is 1.62 bits per heavy atom. The zero-order chi connectivity index (χ0) is 7.15. The molecule has 8 heavy (non-hydrogen) atoms. The first-order valence-corrected chi connectivity index (χ1v) is 2.33. The van der Waals surface area contributed by atoms with Gasteiger partial charge in [-0.1, -0.05) is 0 Å². The molecule has 0 aromatic rings. The van der Waals surface area contributed by atoms with Crippen LogP contribution in [0.4, 0.5) is 0 Å². The SMILES string of the molecule is CC(=O)O.CN(C)Cl. The van der Waals surface area contributed by atoms with Gasteiger partial charge in [0.15, 0.2) is 0 Å². The lowest BCUT2D eigenvalue weighted by molar-refractivity contribution is -0.134. The zero-order valence-corrected chi connectivity index (χ0v) is 5.94. The molecule has 4 heteroatoms. The summed E-state index contributed by atoms with van der Waals surface area (Å²) in [5.41, 5.74) is 0. The van der Waals surface area contributed by atoms with Crippen molar-refractivity contribution in [2.75, 3.05) is 14.1 Å². The van der Waals surface area contributed by atoms with Crippen LogP contribution in [0.2, 0.25) is 0 Å². The highest BCUT2D eigenvalue weighted by molar-refractivity contribution is 6.12. The highest BCUT2D eigenvalue weighted by atomic mass is 35.5. The molecule has 0 aliphatic carbocycles. The van der Waals surface area contributed by atoms with Crippen molar-refractivity contribution in [3.63, 3.8) is 0 Å². The second kappa shape index (κ2) is 6.72. The van der Waals surface area contributed by atoms with Crippen molar-refractivity contribution in [1.29, 1.82) is 0 Å². The van der Waals surface area contributed by atoms with Gasteiger partial charge in [-0.2, -0.15) is 0 Å². The standard InChI is InChI=1S/C2H6ClN.C2H4O2/c1-4(2)3;1-2(3)4/h1-2H3;1H3,(H,3,4). The predicted molar refractivity (Wildman–Crippen MR) is 32.8 cm³/mol. The van der Waals surface area contributed by atoms with E-state index in [1.807, 2.05) is 0 Å². The number of hydrogen-bond donors (Lipinski definition) is 1. The fourth-order valence-electron chi connectivity index (χ4n) is 0. The van der Waals surface area contributed by atoms with Gasteiger partial charge in [0.05, 0.1) is 0 Å². The largest absolute Gasteiger partial charge is 0.481 e. The van der Waals surface area contributed by atoms with Gasteiger partial charge in [0.2, 0.25) is 0 Å². The molecule has 0 bridgehead atoms. The summed E-state index contributed by atoms with van der Waals surface area (Å²) in [5, 5.41) is 7.42. The molecule has 1 N–H and O–H groups in total. The summed E-state index contributed by atoms with van der Waals surface area (Å²) in [6, 6.07) is 0. The molecule has 50 valence electrons. The van der Waals surface area contributed by atoms with E-state index in [1.54, 1.807) is 14.1 Å². The molecule has 0 aliphatic rings. The maximum Gasteiger partial charge on any atom is 0.300 e. The van der Waals surface area contributed by atoms with Crippen LogP contribution in [0, 0.1) is 0 Å². The minimum absolute atomic E-state index is 0.833. The number of carbonyl (C=O) groups is 1. The van der Waals surface area contributed by atoms with Crippen LogP contribution in [-0.2, 0) is 4.79 Å². The third kappa shape index (κ3) is 1630. The lowest BCUT2D eigenvalue weighted by atomic mass is 10.9. The monoisotopic (exact) mass is 139 g/mol. The van der Waals surface area contributed by atoms with E-state index in [0.29, 0.717) is 0 Å². The molecular formula is C4H10ClNO2. The summed E-state index contributed by atoms with van der Waals surface area (Å²) < 4.78 is 1.47. The van der Waals surface area contributed by atoms with Crippen LogP contribution in [0.3, 0.4) is 0 Å². The van der Waals surface area contributed by atoms with Crippen LogP contribution in [0.1, 0.15) is 6.92 Å². The molecule has 0 unspecified atom stereocenters. The Morgan fingerprint density at radius 2 is 1.62 bits per heavy atom. The maximum absolute atomic E-state index is 9.00. The molecule has 0 saturated carbocycles. The normalized spacial score (nSPS) is 7.62. The van der Waals surface area contributed by atoms with Gasteiger partial charge in [-0.25, -0.2) is 4.42 Å². The summed E-state index contributed by atoms with van der Waals surface area (Å²) in [6.07, 6.45) is 0. The number of aliphatic carboxylic acids is 1. The molecule has 0 rings (SSSR count). The molecule has 0 spiro atoms. The summed E-state index contributed by atoms with van der Waals surface area (Å²) in [6.45, 7) is 1.08. The average molecular weight is 140 g/mol. The van der Waals surface area contributed by atoms with Crippen molar-refractivity contribution in [1.82, 2.24) is 4.42 Å². The Balaban J connectivity index is 0. The zero-order valence-electron chi connectivity index (χ0n) is 5.18. The molecule has 0 aliphatic heterocycles. The smallest absolute Gasteiger partial charge is 0.300 e. The Morgan fingerprint density at radius 1 is 1.62 bits per heavy atom. The highest BCUT2D eigenvalue weighted by Gasteiger charge is 1.65. The Kier molecular flexibility index (Phi) is 8.95. The van der Waals surface area contributed by atoms with E-state index in [1.165, 1.54) is 4.42 Å². The van der Waals surface area contributed by atoms with E-state index < -0.39 is 5.97 Å². The molecule has 3 nitrogen and oxygen atoms in total. The fraction of sp³-hybridized carbons (Fsp3) is 0.750. The Bertz CT molecular complexity index is 58.3. The fourth-order valence-corrected chi connectivity index (χ4v) is 0. The number of hydrogen-bond acceptors (Lipinski definition) is 2. The number of rotatable bonds is 0. The van der Waals surface area contributed by atoms with E-state index in [9.17, 15) is 0 Å². The first kappa shape index (κ1) is 10.7. The van der Waals surface area contributed by atoms with E-state index in [2.05, 4.69) is 0 Å². The molecule has 0 atom stereocenters. The van der Waals surface area contributed by atoms with Crippen LogP contribution in [-0.4, -0.2) is 29.6 Å². The van der Waals surface area contributed by atoms with Gasteiger partial charge in [-0.15, -0.1) is 0 Å². The second-order valence-corrected chi connectivity index (χ2v) is 1.98. The van der Waals surface area contributed by atoms with Gasteiger partial charge in [0.1, 0.15) is 0 Å². The van der Waals surface area contributed by atoms with Gasteiger partial charge >= 0.3 is 0 Å². The molecule has 0 heterocycles. The van der Waals surface area contributed by atoms with Gasteiger partial charge in [0, 0.05) is 21.0 Å². The molecule has 0 radical (unpaired) electrons. The molecule has 0 saturated heterocycles. The van der Waals surface area contributed by atoms with E-state index in [-0.39, 0.29) is 0 Å². The Labute approximate surface area is 54.0 Å². The molecule has 0 aromatic heterocycles. The average Bonchev–Trinajstić information content (AvgIpc) is 1.25. The quantitative estimate of drug-likeness (QED) is 0.505. The van der Waals surface area contributed by atoms with E-state index >= 15 is 0 Å². The molecule has 0 aromatic carbocycles. The van der Waals surface area contributed by atoms with Crippen molar-refractivity contribution >= 4 is 17.7 Å².